The molecule has 2 aromatic carbocycles. The molecule has 0 radical (unpaired) electrons. The highest BCUT2D eigenvalue weighted by molar-refractivity contribution is 6.08. The molecule has 1 aromatic heterocycles. The average molecular weight is 377 g/mol. The number of anilines is 2. The number of carbonyl (C=O) groups excluding carboxylic acids is 1. The molecule has 0 fully saturated rings. The molecule has 3 N–H and O–H groups in total. The quantitative estimate of drug-likeness (QED) is 0.581. The molecule has 0 atom stereocenters. The number of pyridine rings is 1. The number of nitrogens with one attached hydrogen (secondary N) is 3. The van der Waals surface area contributed by atoms with Crippen LogP contribution in [0.5, 0.6) is 5.75 Å². The largest absolute Gasteiger partial charge is 0.491 e. The van der Waals surface area contributed by atoms with Gasteiger partial charge in [0, 0.05) is 36.2 Å². The summed E-state index contributed by atoms with van der Waals surface area (Å²) in [6.07, 6.45) is 1.71. The van der Waals surface area contributed by atoms with E-state index in [1.807, 2.05) is 50.2 Å². The molecule has 3 aromatic rings. The van der Waals surface area contributed by atoms with E-state index in [4.69, 9.17) is 4.74 Å². The molecule has 1 amide bonds. The van der Waals surface area contributed by atoms with Gasteiger partial charge in [-0.1, -0.05) is 24.3 Å². The van der Waals surface area contributed by atoms with Crippen LogP contribution in [0.15, 0.2) is 71.7 Å². The molecular formula is C22H23N3O3. The van der Waals surface area contributed by atoms with Crippen LogP contribution in [0.4, 0.5) is 11.4 Å². The minimum absolute atomic E-state index is 0.0591. The number of amides is 1. The number of rotatable bonds is 7. The highest BCUT2D eigenvalue weighted by Gasteiger charge is 2.12. The van der Waals surface area contributed by atoms with Crippen LogP contribution >= 0.6 is 0 Å². The van der Waals surface area contributed by atoms with E-state index >= 15 is 0 Å². The number of benzene rings is 2. The van der Waals surface area contributed by atoms with Gasteiger partial charge in [-0.05, 0) is 43.7 Å². The zero-order chi connectivity index (χ0) is 19.9. The van der Waals surface area contributed by atoms with Crippen molar-refractivity contribution >= 4 is 17.3 Å². The van der Waals surface area contributed by atoms with Crippen molar-refractivity contribution in [3.8, 4) is 5.75 Å². The Balaban J connectivity index is 1.72. The predicted octanol–water partition coefficient (Wildman–Crippen LogP) is 4.03. The summed E-state index contributed by atoms with van der Waals surface area (Å²) in [4.78, 5) is 26.6. The Bertz CT molecular complexity index is 991. The maximum atomic E-state index is 12.8. The fourth-order valence-electron chi connectivity index (χ4n) is 2.70. The monoisotopic (exact) mass is 377 g/mol. The molecule has 0 aliphatic rings. The lowest BCUT2D eigenvalue weighted by molar-refractivity contribution is 0.102. The minimum atomic E-state index is -0.216. The van der Waals surface area contributed by atoms with Gasteiger partial charge in [0.2, 0.25) is 5.56 Å². The number of hydrogen-bond donors (Lipinski definition) is 3. The van der Waals surface area contributed by atoms with Gasteiger partial charge in [0.05, 0.1) is 11.7 Å². The van der Waals surface area contributed by atoms with E-state index in [9.17, 15) is 9.59 Å². The summed E-state index contributed by atoms with van der Waals surface area (Å²) in [5.74, 6) is 0.489. The molecule has 0 aliphatic heterocycles. The SMILES string of the molecule is CC(C)Oc1cccc(NC(=O)c2ccccc2NCc2ccc(=O)[nH]c2)c1. The van der Waals surface area contributed by atoms with Crippen LogP contribution in [0, 0.1) is 0 Å². The Kier molecular flexibility index (Phi) is 6.11. The number of para-hydroxylation sites is 1. The highest BCUT2D eigenvalue weighted by atomic mass is 16.5. The van der Waals surface area contributed by atoms with E-state index in [1.54, 1.807) is 24.4 Å². The number of H-pyrrole nitrogens is 1. The lowest BCUT2D eigenvalue weighted by Crippen LogP contribution is -2.15. The van der Waals surface area contributed by atoms with Crippen LogP contribution in [-0.2, 0) is 6.54 Å². The Morgan fingerprint density at radius 2 is 1.89 bits per heavy atom. The van der Waals surface area contributed by atoms with E-state index in [2.05, 4.69) is 15.6 Å². The summed E-state index contributed by atoms with van der Waals surface area (Å²) in [6.45, 7) is 4.39. The van der Waals surface area contributed by atoms with Gasteiger partial charge in [0.15, 0.2) is 0 Å². The molecule has 6 heteroatoms. The molecule has 144 valence electrons. The third-order valence-corrected chi connectivity index (χ3v) is 3.97. The van der Waals surface area contributed by atoms with Gasteiger partial charge in [-0.15, -0.1) is 0 Å². The number of hydrogen-bond acceptors (Lipinski definition) is 4. The maximum absolute atomic E-state index is 12.8. The second-order valence-electron chi connectivity index (χ2n) is 6.61. The highest BCUT2D eigenvalue weighted by Crippen LogP contribution is 2.21. The Morgan fingerprint density at radius 1 is 1.07 bits per heavy atom. The van der Waals surface area contributed by atoms with Crippen LogP contribution in [-0.4, -0.2) is 17.0 Å². The van der Waals surface area contributed by atoms with Crippen LogP contribution in [0.1, 0.15) is 29.8 Å². The summed E-state index contributed by atoms with van der Waals surface area (Å²) < 4.78 is 5.67. The lowest BCUT2D eigenvalue weighted by atomic mass is 10.1. The summed E-state index contributed by atoms with van der Waals surface area (Å²) in [5, 5.41) is 6.16. The van der Waals surface area contributed by atoms with Crippen molar-refractivity contribution < 1.29 is 9.53 Å². The molecule has 28 heavy (non-hydrogen) atoms. The van der Waals surface area contributed by atoms with Crippen molar-refractivity contribution in [1.82, 2.24) is 4.98 Å². The smallest absolute Gasteiger partial charge is 0.257 e. The van der Waals surface area contributed by atoms with E-state index < -0.39 is 0 Å². The summed E-state index contributed by atoms with van der Waals surface area (Å²) in [7, 11) is 0. The van der Waals surface area contributed by atoms with Gasteiger partial charge in [0.1, 0.15) is 5.75 Å². The zero-order valence-corrected chi connectivity index (χ0v) is 15.9. The summed E-state index contributed by atoms with van der Waals surface area (Å²) >= 11 is 0. The first-order valence-electron chi connectivity index (χ1n) is 9.10. The molecule has 0 saturated carbocycles. The molecule has 3 rings (SSSR count). The fraction of sp³-hybridized carbons (Fsp3) is 0.182. The molecule has 1 heterocycles. The number of ether oxygens (including phenoxy) is 1. The Hall–Kier alpha value is -3.54. The van der Waals surface area contributed by atoms with E-state index in [1.165, 1.54) is 6.07 Å². The molecular weight excluding hydrogens is 354 g/mol. The molecule has 6 nitrogen and oxygen atoms in total. The Labute approximate surface area is 163 Å². The lowest BCUT2D eigenvalue weighted by Gasteiger charge is -2.14. The molecule has 0 saturated heterocycles. The topological polar surface area (TPSA) is 83.2 Å². The van der Waals surface area contributed by atoms with Crippen molar-refractivity contribution in [3.05, 3.63) is 88.3 Å². The first-order chi connectivity index (χ1) is 13.5. The third kappa shape index (κ3) is 5.23. The molecule has 0 aliphatic carbocycles. The van der Waals surface area contributed by atoms with E-state index in [-0.39, 0.29) is 17.6 Å². The normalized spacial score (nSPS) is 10.5. The van der Waals surface area contributed by atoms with Gasteiger partial charge >= 0.3 is 0 Å². The fourth-order valence-corrected chi connectivity index (χ4v) is 2.70. The summed E-state index contributed by atoms with van der Waals surface area (Å²) in [5.41, 5.74) is 2.67. The number of aromatic amines is 1. The first kappa shape index (κ1) is 19.2. The molecule has 0 bridgehead atoms. The third-order valence-electron chi connectivity index (χ3n) is 3.97. The van der Waals surface area contributed by atoms with Crippen molar-refractivity contribution in [2.24, 2.45) is 0 Å². The van der Waals surface area contributed by atoms with Crippen molar-refractivity contribution in [3.63, 3.8) is 0 Å². The van der Waals surface area contributed by atoms with Gasteiger partial charge in [-0.3, -0.25) is 9.59 Å². The van der Waals surface area contributed by atoms with Crippen molar-refractivity contribution in [2.75, 3.05) is 10.6 Å². The van der Waals surface area contributed by atoms with Crippen LogP contribution in [0.2, 0.25) is 0 Å². The summed E-state index contributed by atoms with van der Waals surface area (Å²) in [6, 6.07) is 17.8. The second-order valence-corrected chi connectivity index (χ2v) is 6.61. The Morgan fingerprint density at radius 3 is 2.64 bits per heavy atom. The van der Waals surface area contributed by atoms with Crippen LogP contribution in [0.25, 0.3) is 0 Å². The van der Waals surface area contributed by atoms with Crippen LogP contribution in [0.3, 0.4) is 0 Å². The standard InChI is InChI=1S/C22H23N3O3/c1-15(2)28-18-7-5-6-17(12-18)25-22(27)19-8-3-4-9-20(19)23-13-16-10-11-21(26)24-14-16/h3-12,14-15,23H,13H2,1-2H3,(H,24,26)(H,25,27). The van der Waals surface area contributed by atoms with Gasteiger partial charge < -0.3 is 20.4 Å². The van der Waals surface area contributed by atoms with E-state index in [0.29, 0.717) is 29.2 Å². The van der Waals surface area contributed by atoms with Crippen LogP contribution < -0.4 is 20.9 Å². The first-order valence-corrected chi connectivity index (χ1v) is 9.10. The van der Waals surface area contributed by atoms with E-state index in [0.717, 1.165) is 5.56 Å². The van der Waals surface area contributed by atoms with Gasteiger partial charge in [-0.25, -0.2) is 0 Å². The van der Waals surface area contributed by atoms with Gasteiger partial charge in [0.25, 0.3) is 5.91 Å². The van der Waals surface area contributed by atoms with Crippen molar-refractivity contribution in [1.29, 1.82) is 0 Å². The average Bonchev–Trinajstić information content (AvgIpc) is 2.67. The number of aromatic nitrogens is 1. The predicted molar refractivity (Wildman–Crippen MR) is 111 cm³/mol. The minimum Gasteiger partial charge on any atom is -0.491 e. The van der Waals surface area contributed by atoms with Gasteiger partial charge in [-0.2, -0.15) is 0 Å². The number of carbonyl (C=O) groups is 1. The zero-order valence-electron chi connectivity index (χ0n) is 15.9. The molecule has 0 spiro atoms. The maximum Gasteiger partial charge on any atom is 0.257 e. The second kappa shape index (κ2) is 8.90. The van der Waals surface area contributed by atoms with Crippen molar-refractivity contribution in [2.45, 2.75) is 26.5 Å². The molecule has 0 unspecified atom stereocenters.